The molecule has 248 valence electrons. The molecular formula is C39H48N4O3S. The molecule has 1 aliphatic rings. The van der Waals surface area contributed by atoms with Crippen LogP contribution in [0.3, 0.4) is 0 Å². The van der Waals surface area contributed by atoms with Gasteiger partial charge in [-0.25, -0.2) is 4.98 Å². The molecule has 0 aliphatic carbocycles. The van der Waals surface area contributed by atoms with Gasteiger partial charge in [0, 0.05) is 65.7 Å². The summed E-state index contributed by atoms with van der Waals surface area (Å²) in [5.41, 5.74) is 7.24. The number of nitrogens with zero attached hydrogens (tertiary/aromatic N) is 3. The SMILES string of the molecule is CCCOCCOc1ccc(-c2ccc3c(c2)C=C(C(=O)Nc2ccc(SCc4cncn4CCC)cc2)CCN3CC(C)C)cc1. The Balaban J connectivity index is 1.27. The molecule has 3 aromatic carbocycles. The van der Waals surface area contributed by atoms with Gasteiger partial charge in [0.25, 0.3) is 5.91 Å². The first-order valence-electron chi connectivity index (χ1n) is 16.9. The topological polar surface area (TPSA) is 68.6 Å². The van der Waals surface area contributed by atoms with Crippen LogP contribution in [0.15, 0.2) is 89.7 Å². The molecular weight excluding hydrogens is 605 g/mol. The number of benzene rings is 3. The number of aromatic nitrogens is 2. The minimum atomic E-state index is -0.0546. The summed E-state index contributed by atoms with van der Waals surface area (Å²) in [7, 11) is 0. The van der Waals surface area contributed by atoms with Gasteiger partial charge in [0.2, 0.25) is 0 Å². The Morgan fingerprint density at radius 3 is 2.49 bits per heavy atom. The van der Waals surface area contributed by atoms with Gasteiger partial charge >= 0.3 is 0 Å². The zero-order valence-corrected chi connectivity index (χ0v) is 29.0. The van der Waals surface area contributed by atoms with E-state index in [9.17, 15) is 4.79 Å². The van der Waals surface area contributed by atoms with Crippen LogP contribution < -0.4 is 15.0 Å². The average Bonchev–Trinajstić information content (AvgIpc) is 3.44. The smallest absolute Gasteiger partial charge is 0.251 e. The summed E-state index contributed by atoms with van der Waals surface area (Å²) < 4.78 is 13.6. The number of amides is 1. The summed E-state index contributed by atoms with van der Waals surface area (Å²) in [6, 6.07) is 22.9. The van der Waals surface area contributed by atoms with Gasteiger partial charge < -0.3 is 24.3 Å². The molecule has 1 N–H and O–H groups in total. The Hall–Kier alpha value is -4.01. The summed E-state index contributed by atoms with van der Waals surface area (Å²) in [5.74, 6) is 2.14. The molecule has 0 radical (unpaired) electrons. The van der Waals surface area contributed by atoms with Crippen molar-refractivity contribution >= 4 is 35.1 Å². The van der Waals surface area contributed by atoms with Crippen LogP contribution in [0, 0.1) is 5.92 Å². The minimum absolute atomic E-state index is 0.0546. The first kappa shape index (κ1) is 34.3. The largest absolute Gasteiger partial charge is 0.491 e. The number of carbonyl (C=O) groups is 1. The number of hydrogen-bond acceptors (Lipinski definition) is 6. The van der Waals surface area contributed by atoms with E-state index >= 15 is 0 Å². The van der Waals surface area contributed by atoms with Crippen molar-refractivity contribution in [2.24, 2.45) is 5.92 Å². The molecule has 0 saturated carbocycles. The molecule has 0 unspecified atom stereocenters. The van der Waals surface area contributed by atoms with E-state index in [1.54, 1.807) is 11.8 Å². The molecule has 0 fully saturated rings. The van der Waals surface area contributed by atoms with Crippen molar-refractivity contribution in [2.75, 3.05) is 43.1 Å². The van der Waals surface area contributed by atoms with E-state index in [4.69, 9.17) is 9.47 Å². The fourth-order valence-corrected chi connectivity index (χ4v) is 6.59. The molecule has 4 aromatic rings. The van der Waals surface area contributed by atoms with Crippen LogP contribution in [0.2, 0.25) is 0 Å². The van der Waals surface area contributed by atoms with E-state index in [-0.39, 0.29) is 5.91 Å². The van der Waals surface area contributed by atoms with Crippen LogP contribution in [0.5, 0.6) is 5.75 Å². The maximum atomic E-state index is 13.6. The fraction of sp³-hybridized carbons (Fsp3) is 0.385. The van der Waals surface area contributed by atoms with Crippen molar-refractivity contribution in [2.45, 2.75) is 64.2 Å². The van der Waals surface area contributed by atoms with Crippen molar-refractivity contribution in [3.63, 3.8) is 0 Å². The number of ether oxygens (including phenoxy) is 2. The molecule has 1 aromatic heterocycles. The Kier molecular flexibility index (Phi) is 12.6. The van der Waals surface area contributed by atoms with Gasteiger partial charge in [0.05, 0.1) is 12.9 Å². The molecule has 0 spiro atoms. The first-order valence-corrected chi connectivity index (χ1v) is 17.9. The highest BCUT2D eigenvalue weighted by molar-refractivity contribution is 7.98. The number of rotatable bonds is 16. The Bertz CT molecular complexity index is 1610. The van der Waals surface area contributed by atoms with Gasteiger partial charge in [-0.2, -0.15) is 0 Å². The van der Waals surface area contributed by atoms with Crippen LogP contribution in [0.1, 0.15) is 58.2 Å². The van der Waals surface area contributed by atoms with Crippen molar-refractivity contribution in [3.05, 3.63) is 96.1 Å². The predicted molar refractivity (Wildman–Crippen MR) is 195 cm³/mol. The molecule has 5 rings (SSSR count). The Morgan fingerprint density at radius 1 is 0.957 bits per heavy atom. The maximum absolute atomic E-state index is 13.6. The van der Waals surface area contributed by atoms with Crippen molar-refractivity contribution in [1.29, 1.82) is 0 Å². The second-order valence-electron chi connectivity index (χ2n) is 12.4. The fourth-order valence-electron chi connectivity index (χ4n) is 5.71. The highest BCUT2D eigenvalue weighted by atomic mass is 32.2. The summed E-state index contributed by atoms with van der Waals surface area (Å²) in [6.07, 6.45) is 8.69. The lowest BCUT2D eigenvalue weighted by Gasteiger charge is -2.27. The van der Waals surface area contributed by atoms with Gasteiger partial charge in [0.1, 0.15) is 12.4 Å². The van der Waals surface area contributed by atoms with Crippen LogP contribution in [0.4, 0.5) is 11.4 Å². The average molecular weight is 653 g/mol. The lowest BCUT2D eigenvalue weighted by Crippen LogP contribution is -2.29. The highest BCUT2D eigenvalue weighted by Gasteiger charge is 2.21. The van der Waals surface area contributed by atoms with E-state index < -0.39 is 0 Å². The van der Waals surface area contributed by atoms with E-state index in [0.717, 1.165) is 83.4 Å². The van der Waals surface area contributed by atoms with Gasteiger partial charge in [-0.3, -0.25) is 4.79 Å². The molecule has 0 atom stereocenters. The van der Waals surface area contributed by atoms with Crippen molar-refractivity contribution in [1.82, 2.24) is 9.55 Å². The first-order chi connectivity index (χ1) is 22.9. The highest BCUT2D eigenvalue weighted by Crippen LogP contribution is 2.34. The summed E-state index contributed by atoms with van der Waals surface area (Å²) in [4.78, 5) is 21.5. The lowest BCUT2D eigenvalue weighted by molar-refractivity contribution is -0.112. The number of imidazole rings is 1. The van der Waals surface area contributed by atoms with Gasteiger partial charge in [-0.05, 0) is 96.5 Å². The molecule has 2 heterocycles. The number of nitrogens with one attached hydrogen (secondary N) is 1. The van der Waals surface area contributed by atoms with E-state index in [1.807, 2.05) is 36.8 Å². The second-order valence-corrected chi connectivity index (χ2v) is 13.4. The van der Waals surface area contributed by atoms with Gasteiger partial charge in [0.15, 0.2) is 0 Å². The number of fused-ring (bicyclic) bond motifs is 1. The molecule has 1 amide bonds. The van der Waals surface area contributed by atoms with Crippen LogP contribution >= 0.6 is 11.8 Å². The number of hydrogen-bond donors (Lipinski definition) is 1. The second kappa shape index (κ2) is 17.2. The zero-order valence-electron chi connectivity index (χ0n) is 28.2. The van der Waals surface area contributed by atoms with E-state index in [2.05, 4.69) is 96.0 Å². The Labute approximate surface area is 284 Å². The third-order valence-corrected chi connectivity index (χ3v) is 9.07. The third kappa shape index (κ3) is 9.75. The Morgan fingerprint density at radius 2 is 1.74 bits per heavy atom. The summed E-state index contributed by atoms with van der Waals surface area (Å²) in [5, 5.41) is 3.16. The van der Waals surface area contributed by atoms with Crippen molar-refractivity contribution in [3.8, 4) is 16.9 Å². The van der Waals surface area contributed by atoms with Crippen LogP contribution in [0.25, 0.3) is 17.2 Å². The van der Waals surface area contributed by atoms with Gasteiger partial charge in [-0.1, -0.05) is 45.9 Å². The summed E-state index contributed by atoms with van der Waals surface area (Å²) in [6.45, 7) is 13.3. The number of anilines is 2. The van der Waals surface area contributed by atoms with Crippen LogP contribution in [-0.2, 0) is 21.8 Å². The predicted octanol–water partition coefficient (Wildman–Crippen LogP) is 8.95. The maximum Gasteiger partial charge on any atom is 0.251 e. The molecule has 0 bridgehead atoms. The molecule has 47 heavy (non-hydrogen) atoms. The van der Waals surface area contributed by atoms with E-state index in [0.29, 0.717) is 25.6 Å². The molecule has 7 nitrogen and oxygen atoms in total. The third-order valence-electron chi connectivity index (χ3n) is 8.02. The monoisotopic (exact) mass is 652 g/mol. The normalized spacial score (nSPS) is 12.9. The van der Waals surface area contributed by atoms with Crippen molar-refractivity contribution < 1.29 is 14.3 Å². The molecule has 0 saturated heterocycles. The lowest BCUT2D eigenvalue weighted by atomic mass is 10.00. The molecule has 8 heteroatoms. The quantitative estimate of drug-likeness (QED) is 0.0963. The van der Waals surface area contributed by atoms with E-state index in [1.165, 1.54) is 11.4 Å². The number of carbonyl (C=O) groups excluding carboxylic acids is 1. The van der Waals surface area contributed by atoms with Gasteiger partial charge in [-0.15, -0.1) is 11.8 Å². The zero-order chi connectivity index (χ0) is 33.0. The standard InChI is InChI=1S/C39H48N4O3S/c1-5-18-43-28-40-25-35(43)27-47-37-14-10-34(11-15-37)41-39(44)32-17-19-42(26-29(3)4)38-16-9-31(23-33(38)24-32)30-7-12-36(13-8-30)46-22-21-45-20-6-2/h7-16,23-25,28-29H,5-6,17-22,26-27H2,1-4H3,(H,41,44). The number of thioether (sulfide) groups is 1. The summed E-state index contributed by atoms with van der Waals surface area (Å²) >= 11 is 1.78. The number of aryl methyl sites for hydroxylation is 1. The minimum Gasteiger partial charge on any atom is -0.491 e. The molecule has 1 aliphatic heterocycles. The van der Waals surface area contributed by atoms with Crippen LogP contribution in [-0.4, -0.2) is 48.4 Å².